The monoisotopic (exact) mass is 409 g/mol. The number of ether oxygens (including phenoxy) is 2. The molecule has 4 nitrogen and oxygen atoms in total. The molecule has 0 unspecified atom stereocenters. The number of thiophene rings is 1. The van der Waals surface area contributed by atoms with E-state index in [1.165, 1.54) is 0 Å². The van der Waals surface area contributed by atoms with Gasteiger partial charge in [-0.1, -0.05) is 35.9 Å². The first-order valence-electron chi connectivity index (χ1n) is 8.70. The number of halogens is 1. The number of carbonyl (C=O) groups is 1. The molecule has 0 amide bonds. The predicted octanol–water partition coefficient (Wildman–Crippen LogP) is 5.85. The van der Waals surface area contributed by atoms with E-state index >= 15 is 0 Å². The molecule has 0 atom stereocenters. The fourth-order valence-corrected chi connectivity index (χ4v) is 3.61. The second-order valence-electron chi connectivity index (χ2n) is 5.99. The number of benzene rings is 2. The van der Waals surface area contributed by atoms with Gasteiger partial charge in [0.05, 0.1) is 21.7 Å². The number of hydrogen-bond donors (Lipinski definition) is 0. The third-order valence-corrected chi connectivity index (χ3v) is 5.25. The van der Waals surface area contributed by atoms with E-state index in [0.29, 0.717) is 16.3 Å². The third-order valence-electron chi connectivity index (χ3n) is 4.11. The van der Waals surface area contributed by atoms with Crippen molar-refractivity contribution in [1.29, 1.82) is 0 Å². The Kier molecular flexibility index (Phi) is 5.55. The topological polar surface area (TPSA) is 48.4 Å². The van der Waals surface area contributed by atoms with Crippen LogP contribution in [0, 0.1) is 0 Å². The van der Waals surface area contributed by atoms with E-state index in [2.05, 4.69) is 4.98 Å². The van der Waals surface area contributed by atoms with Gasteiger partial charge in [0.15, 0.2) is 0 Å². The number of para-hydroxylation sites is 1. The van der Waals surface area contributed by atoms with Crippen LogP contribution in [0.25, 0.3) is 21.5 Å². The van der Waals surface area contributed by atoms with E-state index in [4.69, 9.17) is 21.1 Å². The Morgan fingerprint density at radius 2 is 1.82 bits per heavy atom. The molecule has 2 aromatic heterocycles. The van der Waals surface area contributed by atoms with Crippen molar-refractivity contribution >= 4 is 39.8 Å². The lowest BCUT2D eigenvalue weighted by Crippen LogP contribution is -2.13. The molecule has 0 spiro atoms. The van der Waals surface area contributed by atoms with Gasteiger partial charge in [-0.05, 0) is 47.8 Å². The number of carbonyl (C=O) groups excluding carboxylic acids is 1. The summed E-state index contributed by atoms with van der Waals surface area (Å²) in [5, 5.41) is 3.40. The van der Waals surface area contributed by atoms with E-state index < -0.39 is 5.97 Å². The number of pyridine rings is 1. The summed E-state index contributed by atoms with van der Waals surface area (Å²) in [5.41, 5.74) is 2.02. The van der Waals surface area contributed by atoms with Crippen LogP contribution >= 0.6 is 22.9 Å². The Morgan fingerprint density at radius 1 is 1.00 bits per heavy atom. The summed E-state index contributed by atoms with van der Waals surface area (Å²) in [4.78, 5) is 18.4. The molecule has 2 aromatic carbocycles. The number of fused-ring (bicyclic) bond motifs is 1. The van der Waals surface area contributed by atoms with Crippen molar-refractivity contribution in [3.63, 3.8) is 0 Å². The number of nitrogens with zero attached hydrogens (tertiary/aromatic N) is 1. The lowest BCUT2D eigenvalue weighted by molar-refractivity contribution is 0.0452. The van der Waals surface area contributed by atoms with Gasteiger partial charge in [0, 0.05) is 10.4 Å². The molecule has 0 aliphatic heterocycles. The molecule has 140 valence electrons. The van der Waals surface area contributed by atoms with E-state index in [9.17, 15) is 4.79 Å². The number of esters is 1. The third kappa shape index (κ3) is 4.16. The largest absolute Gasteiger partial charge is 0.490 e. The Morgan fingerprint density at radius 3 is 2.61 bits per heavy atom. The molecule has 4 aromatic rings. The summed E-state index contributed by atoms with van der Waals surface area (Å²) in [6, 6.07) is 20.3. The van der Waals surface area contributed by atoms with E-state index in [1.807, 2.05) is 41.8 Å². The van der Waals surface area contributed by atoms with Gasteiger partial charge in [-0.25, -0.2) is 9.78 Å². The summed E-state index contributed by atoms with van der Waals surface area (Å²) in [5.74, 6) is 0.283. The minimum atomic E-state index is -0.392. The fourth-order valence-electron chi connectivity index (χ4n) is 2.80. The van der Waals surface area contributed by atoms with Gasteiger partial charge in [-0.15, -0.1) is 11.3 Å². The Labute approximate surface area is 171 Å². The maximum Gasteiger partial charge on any atom is 0.339 e. The van der Waals surface area contributed by atoms with Gasteiger partial charge >= 0.3 is 5.97 Å². The van der Waals surface area contributed by atoms with Gasteiger partial charge in [0.25, 0.3) is 0 Å². The van der Waals surface area contributed by atoms with Crippen LogP contribution in [0.1, 0.15) is 10.4 Å². The minimum absolute atomic E-state index is 0.145. The SMILES string of the molecule is O=C(OCCOc1ccc(Cl)cc1)c1cc(-c2cccs2)nc2ccccc12. The van der Waals surface area contributed by atoms with Crippen molar-refractivity contribution in [2.45, 2.75) is 0 Å². The number of aromatic nitrogens is 1. The van der Waals surface area contributed by atoms with Crippen LogP contribution in [0.15, 0.2) is 72.1 Å². The molecule has 0 bridgehead atoms. The Balaban J connectivity index is 1.49. The first-order valence-corrected chi connectivity index (χ1v) is 9.95. The second-order valence-corrected chi connectivity index (χ2v) is 7.37. The van der Waals surface area contributed by atoms with Crippen molar-refractivity contribution in [1.82, 2.24) is 4.98 Å². The van der Waals surface area contributed by atoms with E-state index in [1.54, 1.807) is 41.7 Å². The zero-order valence-corrected chi connectivity index (χ0v) is 16.4. The molecule has 2 heterocycles. The summed E-state index contributed by atoms with van der Waals surface area (Å²) < 4.78 is 11.0. The van der Waals surface area contributed by atoms with Gasteiger partial charge in [-0.3, -0.25) is 0 Å². The highest BCUT2D eigenvalue weighted by atomic mass is 35.5. The maximum atomic E-state index is 12.7. The molecule has 4 rings (SSSR count). The molecule has 0 N–H and O–H groups in total. The van der Waals surface area contributed by atoms with E-state index in [-0.39, 0.29) is 13.2 Å². The van der Waals surface area contributed by atoms with Crippen molar-refractivity contribution < 1.29 is 14.3 Å². The lowest BCUT2D eigenvalue weighted by atomic mass is 10.1. The zero-order valence-electron chi connectivity index (χ0n) is 14.8. The highest BCUT2D eigenvalue weighted by molar-refractivity contribution is 7.13. The van der Waals surface area contributed by atoms with Gasteiger partial charge < -0.3 is 9.47 Å². The average molecular weight is 410 g/mol. The Hall–Kier alpha value is -2.89. The fraction of sp³-hybridized carbons (Fsp3) is 0.0909. The predicted molar refractivity (Wildman–Crippen MR) is 112 cm³/mol. The Bertz CT molecular complexity index is 1090. The lowest BCUT2D eigenvalue weighted by Gasteiger charge is -2.10. The molecular formula is C22H16ClNO3S. The molecule has 0 saturated carbocycles. The van der Waals surface area contributed by atoms with Gasteiger partial charge in [-0.2, -0.15) is 0 Å². The van der Waals surface area contributed by atoms with Gasteiger partial charge in [0.2, 0.25) is 0 Å². The zero-order chi connectivity index (χ0) is 19.3. The number of hydrogen-bond acceptors (Lipinski definition) is 5. The van der Waals surface area contributed by atoms with Crippen molar-refractivity contribution in [3.05, 3.63) is 82.7 Å². The normalized spacial score (nSPS) is 10.8. The quantitative estimate of drug-likeness (QED) is 0.296. The molecule has 0 fully saturated rings. The van der Waals surface area contributed by atoms with Crippen molar-refractivity contribution in [2.24, 2.45) is 0 Å². The van der Waals surface area contributed by atoms with Crippen LogP contribution < -0.4 is 4.74 Å². The standard InChI is InChI=1S/C22H16ClNO3S/c23-15-7-9-16(10-8-15)26-11-12-27-22(25)18-14-20(21-6-3-13-28-21)24-19-5-2-1-4-17(18)19/h1-10,13-14H,11-12H2. The highest BCUT2D eigenvalue weighted by Crippen LogP contribution is 2.28. The minimum Gasteiger partial charge on any atom is -0.490 e. The highest BCUT2D eigenvalue weighted by Gasteiger charge is 2.15. The second kappa shape index (κ2) is 8.42. The van der Waals surface area contributed by atoms with Crippen molar-refractivity contribution in [2.75, 3.05) is 13.2 Å². The first-order chi connectivity index (χ1) is 13.7. The summed E-state index contributed by atoms with van der Waals surface area (Å²) in [6.07, 6.45) is 0. The van der Waals surface area contributed by atoms with Gasteiger partial charge in [0.1, 0.15) is 19.0 Å². The van der Waals surface area contributed by atoms with Crippen LogP contribution in [-0.4, -0.2) is 24.2 Å². The molecule has 28 heavy (non-hydrogen) atoms. The molecule has 0 aliphatic carbocycles. The summed E-state index contributed by atoms with van der Waals surface area (Å²) in [7, 11) is 0. The average Bonchev–Trinajstić information content (AvgIpc) is 3.26. The van der Waals surface area contributed by atoms with Crippen LogP contribution in [-0.2, 0) is 4.74 Å². The number of rotatable bonds is 6. The first kappa shape index (κ1) is 18.5. The molecular weight excluding hydrogens is 394 g/mol. The summed E-state index contributed by atoms with van der Waals surface area (Å²) in [6.45, 7) is 0.403. The molecule has 0 radical (unpaired) electrons. The van der Waals surface area contributed by atoms with Crippen molar-refractivity contribution in [3.8, 4) is 16.3 Å². The van der Waals surface area contributed by atoms with Crippen LogP contribution in [0.3, 0.4) is 0 Å². The molecule has 6 heteroatoms. The maximum absolute atomic E-state index is 12.7. The van der Waals surface area contributed by atoms with Crippen LogP contribution in [0.5, 0.6) is 5.75 Å². The molecule has 0 aliphatic rings. The summed E-state index contributed by atoms with van der Waals surface area (Å²) >= 11 is 7.43. The molecule has 0 saturated heterocycles. The van der Waals surface area contributed by atoms with E-state index in [0.717, 1.165) is 21.5 Å². The van der Waals surface area contributed by atoms with Crippen LogP contribution in [0.2, 0.25) is 5.02 Å². The smallest absolute Gasteiger partial charge is 0.339 e. The van der Waals surface area contributed by atoms with Crippen LogP contribution in [0.4, 0.5) is 0 Å².